The molecule has 1 N–H and O–H groups in total. The van der Waals surface area contributed by atoms with Crippen LogP contribution in [0.2, 0.25) is 0 Å². The average Bonchev–Trinajstić information content (AvgIpc) is 1.84. The van der Waals surface area contributed by atoms with Crippen molar-refractivity contribution in [2.45, 2.75) is 20.3 Å². The highest BCUT2D eigenvalue weighted by atomic mass is 15.1. The molecule has 0 saturated carbocycles. The van der Waals surface area contributed by atoms with Gasteiger partial charge >= 0.3 is 0 Å². The third-order valence-corrected chi connectivity index (χ3v) is 1.56. The molecule has 0 amide bonds. The van der Waals surface area contributed by atoms with Gasteiger partial charge in [0.05, 0.1) is 5.84 Å². The van der Waals surface area contributed by atoms with E-state index in [1.54, 1.807) is 0 Å². The molecular formula is C7H16N2. The fourth-order valence-electron chi connectivity index (χ4n) is 0.634. The minimum absolute atomic E-state index is 0.403. The van der Waals surface area contributed by atoms with Gasteiger partial charge in [-0.25, -0.2) is 0 Å². The van der Waals surface area contributed by atoms with E-state index in [1.165, 1.54) is 0 Å². The van der Waals surface area contributed by atoms with Crippen molar-refractivity contribution in [3.63, 3.8) is 0 Å². The van der Waals surface area contributed by atoms with Crippen molar-refractivity contribution in [3.8, 4) is 0 Å². The van der Waals surface area contributed by atoms with Crippen LogP contribution < -0.4 is 0 Å². The van der Waals surface area contributed by atoms with Gasteiger partial charge in [-0.3, -0.25) is 5.41 Å². The molecule has 1 atom stereocenters. The van der Waals surface area contributed by atoms with E-state index in [4.69, 9.17) is 5.41 Å². The molecule has 0 aromatic rings. The van der Waals surface area contributed by atoms with E-state index in [1.807, 2.05) is 19.0 Å². The van der Waals surface area contributed by atoms with Crippen LogP contribution in [0.25, 0.3) is 0 Å². The first-order valence-electron chi connectivity index (χ1n) is 3.35. The Hall–Kier alpha value is -0.530. The molecule has 0 aliphatic heterocycles. The summed E-state index contributed by atoms with van der Waals surface area (Å²) in [6, 6.07) is 0. The number of hydrogen-bond acceptors (Lipinski definition) is 1. The van der Waals surface area contributed by atoms with Gasteiger partial charge in [-0.05, 0) is 6.42 Å². The van der Waals surface area contributed by atoms with Gasteiger partial charge in [-0.2, -0.15) is 0 Å². The van der Waals surface area contributed by atoms with Crippen molar-refractivity contribution in [3.05, 3.63) is 0 Å². The Labute approximate surface area is 57.4 Å². The zero-order chi connectivity index (χ0) is 7.44. The highest BCUT2D eigenvalue weighted by Gasteiger charge is 2.06. The molecule has 0 heterocycles. The Morgan fingerprint density at radius 3 is 2.11 bits per heavy atom. The number of nitrogens with zero attached hydrogens (tertiary/aromatic N) is 1. The van der Waals surface area contributed by atoms with Crippen molar-refractivity contribution in [2.75, 3.05) is 14.1 Å². The number of hydrogen-bond donors (Lipinski definition) is 1. The van der Waals surface area contributed by atoms with Gasteiger partial charge in [-0.1, -0.05) is 13.8 Å². The number of nitrogens with one attached hydrogen (secondary N) is 1. The monoisotopic (exact) mass is 128 g/mol. The molecule has 0 rings (SSSR count). The van der Waals surface area contributed by atoms with E-state index in [2.05, 4.69) is 13.8 Å². The zero-order valence-electron chi connectivity index (χ0n) is 6.73. The Morgan fingerprint density at radius 2 is 2.00 bits per heavy atom. The minimum Gasteiger partial charge on any atom is -0.366 e. The highest BCUT2D eigenvalue weighted by Crippen LogP contribution is 2.02. The lowest BCUT2D eigenvalue weighted by atomic mass is 10.1. The first kappa shape index (κ1) is 8.47. The van der Waals surface area contributed by atoms with E-state index < -0.39 is 0 Å². The summed E-state index contributed by atoms with van der Waals surface area (Å²) in [6.45, 7) is 4.17. The fraction of sp³-hybridized carbons (Fsp3) is 0.857. The summed E-state index contributed by atoms with van der Waals surface area (Å²) in [5, 5.41) is 7.48. The van der Waals surface area contributed by atoms with Gasteiger partial charge in [0, 0.05) is 20.0 Å². The van der Waals surface area contributed by atoms with E-state index >= 15 is 0 Å². The summed E-state index contributed by atoms with van der Waals surface area (Å²) < 4.78 is 0. The Balaban J connectivity index is 3.73. The second kappa shape index (κ2) is 3.49. The molecule has 1 unspecified atom stereocenters. The molecule has 0 aromatic heterocycles. The van der Waals surface area contributed by atoms with Crippen LogP contribution in [0.1, 0.15) is 20.3 Å². The molecule has 2 heteroatoms. The summed E-state index contributed by atoms with van der Waals surface area (Å²) in [5.41, 5.74) is 0. The molecular weight excluding hydrogens is 112 g/mol. The smallest absolute Gasteiger partial charge is 0.0981 e. The van der Waals surface area contributed by atoms with Gasteiger partial charge in [0.25, 0.3) is 0 Å². The van der Waals surface area contributed by atoms with E-state index in [9.17, 15) is 0 Å². The topological polar surface area (TPSA) is 27.1 Å². The maximum Gasteiger partial charge on any atom is 0.0981 e. The summed E-state index contributed by atoms with van der Waals surface area (Å²) in [5.74, 6) is 1.12. The average molecular weight is 128 g/mol. The SMILES string of the molecule is CCC(C)C(=N)N(C)C. The van der Waals surface area contributed by atoms with Crippen molar-refractivity contribution < 1.29 is 0 Å². The summed E-state index contributed by atoms with van der Waals surface area (Å²) in [4.78, 5) is 1.86. The van der Waals surface area contributed by atoms with Crippen molar-refractivity contribution in [2.24, 2.45) is 5.92 Å². The van der Waals surface area contributed by atoms with E-state index in [0.29, 0.717) is 5.92 Å². The zero-order valence-corrected chi connectivity index (χ0v) is 6.73. The van der Waals surface area contributed by atoms with Gasteiger partial charge in [-0.15, -0.1) is 0 Å². The molecule has 0 bridgehead atoms. The van der Waals surface area contributed by atoms with Gasteiger partial charge in [0.1, 0.15) is 0 Å². The lowest BCUT2D eigenvalue weighted by molar-refractivity contribution is 0.547. The van der Waals surface area contributed by atoms with Crippen molar-refractivity contribution in [1.82, 2.24) is 4.90 Å². The predicted molar refractivity (Wildman–Crippen MR) is 40.9 cm³/mol. The first-order chi connectivity index (χ1) is 4.09. The van der Waals surface area contributed by atoms with Gasteiger partial charge in [0.2, 0.25) is 0 Å². The van der Waals surface area contributed by atoms with Crippen LogP contribution in [0.15, 0.2) is 0 Å². The van der Waals surface area contributed by atoms with Crippen LogP contribution in [0, 0.1) is 11.3 Å². The molecule has 0 saturated heterocycles. The molecule has 0 spiro atoms. The number of amidine groups is 1. The quantitative estimate of drug-likeness (QED) is 0.443. The Bertz CT molecular complexity index is 97.1. The second-order valence-electron chi connectivity index (χ2n) is 2.59. The van der Waals surface area contributed by atoms with Crippen LogP contribution in [0.5, 0.6) is 0 Å². The van der Waals surface area contributed by atoms with Crippen LogP contribution in [-0.2, 0) is 0 Å². The largest absolute Gasteiger partial charge is 0.366 e. The molecule has 0 radical (unpaired) electrons. The highest BCUT2D eigenvalue weighted by molar-refractivity contribution is 5.80. The maximum absolute atomic E-state index is 7.48. The molecule has 54 valence electrons. The van der Waals surface area contributed by atoms with Crippen LogP contribution in [-0.4, -0.2) is 24.8 Å². The molecule has 9 heavy (non-hydrogen) atoms. The lowest BCUT2D eigenvalue weighted by Gasteiger charge is -2.18. The van der Waals surface area contributed by atoms with Gasteiger partial charge < -0.3 is 4.90 Å². The Morgan fingerprint density at radius 1 is 1.56 bits per heavy atom. The van der Waals surface area contributed by atoms with Crippen LogP contribution in [0.3, 0.4) is 0 Å². The third kappa shape index (κ3) is 2.49. The first-order valence-corrected chi connectivity index (χ1v) is 3.35. The summed E-state index contributed by atoms with van der Waals surface area (Å²) in [7, 11) is 3.82. The van der Waals surface area contributed by atoms with Gasteiger partial charge in [0.15, 0.2) is 0 Å². The van der Waals surface area contributed by atoms with E-state index in [-0.39, 0.29) is 0 Å². The molecule has 0 aliphatic carbocycles. The fourth-order valence-corrected chi connectivity index (χ4v) is 0.634. The van der Waals surface area contributed by atoms with Crippen molar-refractivity contribution in [1.29, 1.82) is 5.41 Å². The third-order valence-electron chi connectivity index (χ3n) is 1.56. The maximum atomic E-state index is 7.48. The lowest BCUT2D eigenvalue weighted by Crippen LogP contribution is -2.26. The molecule has 0 fully saturated rings. The van der Waals surface area contributed by atoms with Crippen molar-refractivity contribution >= 4 is 5.84 Å². The summed E-state index contributed by atoms with van der Waals surface area (Å²) in [6.07, 6.45) is 1.05. The molecule has 2 nitrogen and oxygen atoms in total. The second-order valence-corrected chi connectivity index (χ2v) is 2.59. The Kier molecular flexibility index (Phi) is 3.28. The molecule has 0 aromatic carbocycles. The minimum atomic E-state index is 0.403. The number of rotatable bonds is 2. The van der Waals surface area contributed by atoms with Crippen LogP contribution in [0.4, 0.5) is 0 Å². The van der Waals surface area contributed by atoms with E-state index in [0.717, 1.165) is 12.3 Å². The predicted octanol–water partition coefficient (Wildman–Crippen LogP) is 1.57. The molecule has 0 aliphatic rings. The summed E-state index contributed by atoms with van der Waals surface area (Å²) >= 11 is 0. The normalized spacial score (nSPS) is 12.9. The standard InChI is InChI=1S/C7H16N2/c1-5-6(2)7(8)9(3)4/h6,8H,5H2,1-4H3. The van der Waals surface area contributed by atoms with Crippen LogP contribution >= 0.6 is 0 Å².